The maximum atomic E-state index is 12.7. The van der Waals surface area contributed by atoms with E-state index in [-0.39, 0.29) is 18.6 Å². The number of phenolic OH excluding ortho intramolecular Hbond substituents is 1. The highest BCUT2D eigenvalue weighted by molar-refractivity contribution is 5.92. The Hall–Kier alpha value is -3.92. The molecule has 0 radical (unpaired) electrons. The van der Waals surface area contributed by atoms with E-state index in [1.54, 1.807) is 36.4 Å². The summed E-state index contributed by atoms with van der Waals surface area (Å²) in [5, 5.41) is 26.3. The molecule has 2 aromatic carbocycles. The summed E-state index contributed by atoms with van der Waals surface area (Å²) in [4.78, 5) is 48.5. The molecular formula is C23H27N3O7. The van der Waals surface area contributed by atoms with Gasteiger partial charge in [-0.25, -0.2) is 4.79 Å². The van der Waals surface area contributed by atoms with Gasteiger partial charge >= 0.3 is 5.97 Å². The number of hydrogen-bond acceptors (Lipinski definition) is 7. The average molecular weight is 457 g/mol. The van der Waals surface area contributed by atoms with Crippen LogP contribution in [0.1, 0.15) is 11.1 Å². The Bertz CT molecular complexity index is 935. The SMILES string of the molecule is COC(=O)[C@H](Cc1ccccc1)NC(=O)[C@H](CO)NC(=O)[C@H](Cc1ccc(O)cc1)NC=O. The maximum Gasteiger partial charge on any atom is 0.328 e. The van der Waals surface area contributed by atoms with Crippen molar-refractivity contribution in [2.45, 2.75) is 31.0 Å². The Labute approximate surface area is 191 Å². The minimum Gasteiger partial charge on any atom is -0.508 e. The van der Waals surface area contributed by atoms with Gasteiger partial charge in [0.1, 0.15) is 23.9 Å². The minimum absolute atomic E-state index is 0.0516. The smallest absolute Gasteiger partial charge is 0.328 e. The molecule has 0 saturated carbocycles. The number of aromatic hydroxyl groups is 1. The van der Waals surface area contributed by atoms with Crippen LogP contribution in [0.15, 0.2) is 54.6 Å². The summed E-state index contributed by atoms with van der Waals surface area (Å²) >= 11 is 0. The Morgan fingerprint density at radius 2 is 1.42 bits per heavy atom. The van der Waals surface area contributed by atoms with Crippen LogP contribution < -0.4 is 16.0 Å². The molecule has 0 bridgehead atoms. The summed E-state index contributed by atoms with van der Waals surface area (Å²) in [5.74, 6) is -2.12. The Morgan fingerprint density at radius 1 is 0.879 bits per heavy atom. The maximum absolute atomic E-state index is 12.7. The number of rotatable bonds is 12. The van der Waals surface area contributed by atoms with Crippen LogP contribution in [0, 0.1) is 0 Å². The van der Waals surface area contributed by atoms with Crippen molar-refractivity contribution in [1.29, 1.82) is 0 Å². The summed E-state index contributed by atoms with van der Waals surface area (Å²) in [6.45, 7) is -0.732. The van der Waals surface area contributed by atoms with Gasteiger partial charge in [-0.3, -0.25) is 14.4 Å². The summed E-state index contributed by atoms with van der Waals surface area (Å²) in [6, 6.07) is 11.6. The predicted molar refractivity (Wildman–Crippen MR) is 118 cm³/mol. The van der Waals surface area contributed by atoms with E-state index >= 15 is 0 Å². The van der Waals surface area contributed by atoms with Crippen molar-refractivity contribution in [3.8, 4) is 5.75 Å². The molecule has 0 aromatic heterocycles. The van der Waals surface area contributed by atoms with E-state index in [0.717, 1.165) is 5.56 Å². The third kappa shape index (κ3) is 7.93. The van der Waals surface area contributed by atoms with Crippen molar-refractivity contribution in [2.24, 2.45) is 0 Å². The number of carbonyl (C=O) groups is 4. The molecule has 0 aliphatic carbocycles. The lowest BCUT2D eigenvalue weighted by molar-refractivity contribution is -0.145. The zero-order chi connectivity index (χ0) is 24.2. The van der Waals surface area contributed by atoms with Crippen LogP contribution in [-0.4, -0.2) is 66.2 Å². The van der Waals surface area contributed by atoms with Crippen molar-refractivity contribution < 1.29 is 34.1 Å². The molecule has 0 aliphatic heterocycles. The number of benzene rings is 2. The molecule has 3 atom stereocenters. The molecule has 3 amide bonds. The van der Waals surface area contributed by atoms with E-state index in [1.807, 2.05) is 6.07 Å². The zero-order valence-electron chi connectivity index (χ0n) is 18.1. The van der Waals surface area contributed by atoms with Gasteiger partial charge in [-0.1, -0.05) is 42.5 Å². The van der Waals surface area contributed by atoms with E-state index < -0.39 is 42.5 Å². The predicted octanol–water partition coefficient (Wildman–Crippen LogP) is -0.573. The lowest BCUT2D eigenvalue weighted by Crippen LogP contribution is -2.57. The van der Waals surface area contributed by atoms with Crippen molar-refractivity contribution in [1.82, 2.24) is 16.0 Å². The fourth-order valence-electron chi connectivity index (χ4n) is 3.10. The van der Waals surface area contributed by atoms with E-state index in [2.05, 4.69) is 16.0 Å². The van der Waals surface area contributed by atoms with Gasteiger partial charge in [0.05, 0.1) is 13.7 Å². The third-order valence-electron chi connectivity index (χ3n) is 4.86. The van der Waals surface area contributed by atoms with E-state index in [0.29, 0.717) is 12.0 Å². The van der Waals surface area contributed by atoms with Crippen molar-refractivity contribution in [3.63, 3.8) is 0 Å². The minimum atomic E-state index is -1.36. The molecule has 10 heteroatoms. The molecule has 0 heterocycles. The van der Waals surface area contributed by atoms with Crippen LogP contribution in [0.25, 0.3) is 0 Å². The standard InChI is InChI=1S/C23H27N3O7/c1-33-23(32)19(12-15-5-3-2-4-6-15)25-22(31)20(13-27)26-21(30)18(24-14-28)11-16-7-9-17(29)10-8-16/h2-10,14,18-20,27,29H,11-13H2,1H3,(H,24,28)(H,25,31)(H,26,30)/t18-,19-,20-/m0/s1. The van der Waals surface area contributed by atoms with E-state index in [9.17, 15) is 29.4 Å². The van der Waals surface area contributed by atoms with Crippen molar-refractivity contribution in [3.05, 3.63) is 65.7 Å². The van der Waals surface area contributed by atoms with Gasteiger partial charge < -0.3 is 30.9 Å². The summed E-state index contributed by atoms with van der Waals surface area (Å²) < 4.78 is 4.75. The second-order valence-electron chi connectivity index (χ2n) is 7.23. The van der Waals surface area contributed by atoms with Crippen molar-refractivity contribution >= 4 is 24.2 Å². The highest BCUT2D eigenvalue weighted by Crippen LogP contribution is 2.11. The highest BCUT2D eigenvalue weighted by Gasteiger charge is 2.29. The van der Waals surface area contributed by atoms with Gasteiger partial charge in [0, 0.05) is 12.8 Å². The van der Waals surface area contributed by atoms with E-state index in [1.165, 1.54) is 19.2 Å². The first-order valence-electron chi connectivity index (χ1n) is 10.2. The van der Waals surface area contributed by atoms with Crippen molar-refractivity contribution in [2.75, 3.05) is 13.7 Å². The topological polar surface area (TPSA) is 154 Å². The molecule has 0 aliphatic rings. The fraction of sp³-hybridized carbons (Fsp3) is 0.304. The Balaban J connectivity index is 2.06. The molecule has 0 fully saturated rings. The number of carbonyl (C=O) groups excluding carboxylic acids is 4. The van der Waals surface area contributed by atoms with Gasteiger partial charge in [0.2, 0.25) is 18.2 Å². The van der Waals surface area contributed by atoms with E-state index in [4.69, 9.17) is 4.74 Å². The monoisotopic (exact) mass is 457 g/mol. The first-order valence-corrected chi connectivity index (χ1v) is 10.2. The number of phenols is 1. The summed E-state index contributed by atoms with van der Waals surface area (Å²) in [7, 11) is 1.19. The van der Waals surface area contributed by atoms with Gasteiger partial charge in [-0.2, -0.15) is 0 Å². The van der Waals surface area contributed by atoms with Crippen LogP contribution in [0.5, 0.6) is 5.75 Å². The van der Waals surface area contributed by atoms with Crippen LogP contribution in [0.3, 0.4) is 0 Å². The summed E-state index contributed by atoms with van der Waals surface area (Å²) in [5.41, 5.74) is 1.43. The second kappa shape index (κ2) is 12.8. The molecule has 10 nitrogen and oxygen atoms in total. The zero-order valence-corrected chi connectivity index (χ0v) is 18.1. The first-order chi connectivity index (χ1) is 15.9. The largest absolute Gasteiger partial charge is 0.508 e. The van der Waals surface area contributed by atoms with Gasteiger partial charge in [0.25, 0.3) is 0 Å². The Morgan fingerprint density at radius 3 is 2.00 bits per heavy atom. The van der Waals surface area contributed by atoms with Crippen LogP contribution in [0.2, 0.25) is 0 Å². The van der Waals surface area contributed by atoms with Gasteiger partial charge in [-0.15, -0.1) is 0 Å². The Kier molecular flexibility index (Phi) is 9.84. The molecule has 0 saturated heterocycles. The molecule has 0 spiro atoms. The van der Waals surface area contributed by atoms with Crippen LogP contribution >= 0.6 is 0 Å². The number of aliphatic hydroxyl groups excluding tert-OH is 1. The summed E-state index contributed by atoms with van der Waals surface area (Å²) in [6.07, 6.45) is 0.594. The third-order valence-corrected chi connectivity index (χ3v) is 4.86. The molecule has 0 unspecified atom stereocenters. The normalized spacial score (nSPS) is 13.2. The van der Waals surface area contributed by atoms with Gasteiger partial charge in [0.15, 0.2) is 0 Å². The average Bonchev–Trinajstić information content (AvgIpc) is 2.83. The fourth-order valence-corrected chi connectivity index (χ4v) is 3.10. The lowest BCUT2D eigenvalue weighted by Gasteiger charge is -2.23. The number of methoxy groups -OCH3 is 1. The molecule has 176 valence electrons. The molecule has 33 heavy (non-hydrogen) atoms. The van der Waals surface area contributed by atoms with Crippen LogP contribution in [0.4, 0.5) is 0 Å². The molecule has 2 aromatic rings. The molecular weight excluding hydrogens is 430 g/mol. The first kappa shape index (κ1) is 25.3. The number of amides is 3. The van der Waals surface area contributed by atoms with Gasteiger partial charge in [-0.05, 0) is 23.3 Å². The number of aliphatic hydroxyl groups is 1. The number of ether oxygens (including phenoxy) is 1. The number of nitrogens with one attached hydrogen (secondary N) is 3. The lowest BCUT2D eigenvalue weighted by atomic mass is 10.0. The number of hydrogen-bond donors (Lipinski definition) is 5. The highest BCUT2D eigenvalue weighted by atomic mass is 16.5. The molecule has 5 N–H and O–H groups in total. The quantitative estimate of drug-likeness (QED) is 0.211. The number of esters is 1. The molecule has 2 rings (SSSR count). The second-order valence-corrected chi connectivity index (χ2v) is 7.23. The van der Waals surface area contributed by atoms with Crippen LogP contribution in [-0.2, 0) is 36.8 Å².